The molecule has 0 aliphatic carbocycles. The average molecular weight is 1580 g/mol. The number of carbonyl (C=O) groups is 4. The highest BCUT2D eigenvalue weighted by Crippen LogP contribution is 2.45. The standard InChI is InChI=1S/C89H174O17P2/c1-6-9-12-15-18-21-24-27-29-31-32-33-35-41-45-50-55-60-65-70-75-89(94)106-85(79-100-87(92)73-68-63-58-53-48-43-39-37-36-38-42-46-51-56-61-66-71-82(4)5)81-104-108(97,98)102-77-83(90)76-101-107(95,96)103-80-84(78-99-86(91)72-67-62-57-52-47-26-23-20-17-14-11-8-3)105-88(93)74-69-64-59-54-49-44-40-34-30-28-25-22-19-16-13-10-7-2/h82-85,90H,6-81H2,1-5H3,(H,95,96)(H,97,98)/t83-,84+,85+/m0/s1. The van der Waals surface area contributed by atoms with E-state index in [0.29, 0.717) is 25.7 Å². The third kappa shape index (κ3) is 82.1. The van der Waals surface area contributed by atoms with Crippen molar-refractivity contribution in [3.8, 4) is 0 Å². The molecule has 0 rings (SSSR count). The van der Waals surface area contributed by atoms with Gasteiger partial charge in [-0.15, -0.1) is 0 Å². The molecule has 642 valence electrons. The number of aliphatic hydroxyl groups excluding tert-OH is 1. The topological polar surface area (TPSA) is 237 Å². The smallest absolute Gasteiger partial charge is 0.462 e. The largest absolute Gasteiger partial charge is 0.472 e. The second kappa shape index (κ2) is 81.6. The van der Waals surface area contributed by atoms with E-state index in [9.17, 15) is 43.2 Å². The van der Waals surface area contributed by atoms with E-state index in [0.717, 1.165) is 95.8 Å². The summed E-state index contributed by atoms with van der Waals surface area (Å²) in [5.41, 5.74) is 0. The van der Waals surface area contributed by atoms with E-state index in [1.54, 1.807) is 0 Å². The summed E-state index contributed by atoms with van der Waals surface area (Å²) in [6.07, 6.45) is 76.3. The molecule has 17 nitrogen and oxygen atoms in total. The molecule has 0 aromatic rings. The Bertz CT molecular complexity index is 2050. The molecule has 19 heteroatoms. The minimum absolute atomic E-state index is 0.109. The van der Waals surface area contributed by atoms with Crippen LogP contribution in [0.25, 0.3) is 0 Å². The lowest BCUT2D eigenvalue weighted by atomic mass is 10.0. The molecule has 3 N–H and O–H groups in total. The van der Waals surface area contributed by atoms with Gasteiger partial charge in [-0.3, -0.25) is 37.3 Å². The summed E-state index contributed by atoms with van der Waals surface area (Å²) >= 11 is 0. The molecule has 0 aliphatic rings. The fraction of sp³-hybridized carbons (Fsp3) is 0.955. The first-order valence-electron chi connectivity index (χ1n) is 46.1. The molecule has 0 aliphatic heterocycles. The number of ether oxygens (including phenoxy) is 4. The van der Waals surface area contributed by atoms with E-state index < -0.39 is 97.5 Å². The van der Waals surface area contributed by atoms with Crippen LogP contribution >= 0.6 is 15.6 Å². The normalized spacial score (nSPS) is 13.7. The summed E-state index contributed by atoms with van der Waals surface area (Å²) in [6, 6.07) is 0. The van der Waals surface area contributed by atoms with Crippen molar-refractivity contribution in [1.82, 2.24) is 0 Å². The van der Waals surface area contributed by atoms with Gasteiger partial charge < -0.3 is 33.8 Å². The zero-order valence-corrected chi connectivity index (χ0v) is 72.8. The molecule has 0 spiro atoms. The Kier molecular flexibility index (Phi) is 80.2. The zero-order chi connectivity index (χ0) is 79.0. The summed E-state index contributed by atoms with van der Waals surface area (Å²) < 4.78 is 69.0. The third-order valence-corrected chi connectivity index (χ3v) is 22.9. The number of esters is 4. The van der Waals surface area contributed by atoms with E-state index >= 15 is 0 Å². The fourth-order valence-corrected chi connectivity index (χ4v) is 15.6. The number of unbranched alkanes of at least 4 members (excludes halogenated alkanes) is 61. The van der Waals surface area contributed by atoms with Gasteiger partial charge in [-0.2, -0.15) is 0 Å². The van der Waals surface area contributed by atoms with Crippen LogP contribution in [-0.4, -0.2) is 96.7 Å². The molecular weight excluding hydrogens is 1400 g/mol. The number of aliphatic hydroxyl groups is 1. The molecule has 2 unspecified atom stereocenters. The van der Waals surface area contributed by atoms with Gasteiger partial charge in [-0.1, -0.05) is 433 Å². The summed E-state index contributed by atoms with van der Waals surface area (Å²) in [5, 5.41) is 10.7. The monoisotopic (exact) mass is 1580 g/mol. The number of hydrogen-bond acceptors (Lipinski definition) is 15. The molecule has 0 saturated heterocycles. The predicted molar refractivity (Wildman–Crippen MR) is 446 cm³/mol. The van der Waals surface area contributed by atoms with Crippen molar-refractivity contribution in [2.45, 2.75) is 502 Å². The van der Waals surface area contributed by atoms with Crippen LogP contribution < -0.4 is 0 Å². The van der Waals surface area contributed by atoms with E-state index in [1.165, 1.54) is 308 Å². The lowest BCUT2D eigenvalue weighted by molar-refractivity contribution is -0.161. The molecule has 0 radical (unpaired) electrons. The molecule has 0 fully saturated rings. The Morgan fingerprint density at radius 2 is 0.426 bits per heavy atom. The first-order valence-corrected chi connectivity index (χ1v) is 49.1. The number of hydrogen-bond donors (Lipinski definition) is 3. The minimum atomic E-state index is -4.97. The van der Waals surface area contributed by atoms with Gasteiger partial charge in [-0.25, -0.2) is 9.13 Å². The summed E-state index contributed by atoms with van der Waals surface area (Å²) in [5.74, 6) is -1.28. The maximum atomic E-state index is 13.2. The molecule has 0 amide bonds. The van der Waals surface area contributed by atoms with Crippen molar-refractivity contribution in [1.29, 1.82) is 0 Å². The van der Waals surface area contributed by atoms with Gasteiger partial charge in [0.05, 0.1) is 26.4 Å². The fourth-order valence-electron chi connectivity index (χ4n) is 14.0. The maximum Gasteiger partial charge on any atom is 0.472 e. The first-order chi connectivity index (χ1) is 52.5. The van der Waals surface area contributed by atoms with Crippen molar-refractivity contribution in [3.63, 3.8) is 0 Å². The summed E-state index contributed by atoms with van der Waals surface area (Å²) in [6.45, 7) is 7.42. The van der Waals surface area contributed by atoms with Gasteiger partial charge >= 0.3 is 39.5 Å². The van der Waals surface area contributed by atoms with E-state index in [1.807, 2.05) is 0 Å². The Hall–Kier alpha value is -1.94. The lowest BCUT2D eigenvalue weighted by Gasteiger charge is -2.21. The van der Waals surface area contributed by atoms with Crippen LogP contribution in [-0.2, 0) is 65.4 Å². The van der Waals surface area contributed by atoms with Gasteiger partial charge in [0.2, 0.25) is 0 Å². The van der Waals surface area contributed by atoms with Gasteiger partial charge in [0.1, 0.15) is 19.3 Å². The number of carbonyl (C=O) groups excluding carboxylic acids is 4. The molecule has 108 heavy (non-hydrogen) atoms. The van der Waals surface area contributed by atoms with Crippen molar-refractivity contribution >= 4 is 39.5 Å². The molecular formula is C89H174O17P2. The second-order valence-corrected chi connectivity index (χ2v) is 35.4. The maximum absolute atomic E-state index is 13.2. The highest BCUT2D eigenvalue weighted by Gasteiger charge is 2.30. The SMILES string of the molecule is CCCCCCCCCCCCCCCCCCCCCCC(=O)O[C@H](COC(=O)CCCCCCCCCCCCCCCCCCC(C)C)COP(=O)(O)OC[C@@H](O)COP(=O)(O)OC[C@@H](COC(=O)CCCCCCCCCCCCCC)OC(=O)CCCCCCCCCCCCCCCCCCC. The third-order valence-electron chi connectivity index (χ3n) is 21.0. The van der Waals surface area contributed by atoms with Crippen LogP contribution in [0.3, 0.4) is 0 Å². The van der Waals surface area contributed by atoms with E-state index in [2.05, 4.69) is 34.6 Å². The highest BCUT2D eigenvalue weighted by molar-refractivity contribution is 7.47. The van der Waals surface area contributed by atoms with Crippen LogP contribution in [0, 0.1) is 5.92 Å². The number of phosphoric ester groups is 2. The van der Waals surface area contributed by atoms with Crippen molar-refractivity contribution in [2.24, 2.45) is 5.92 Å². The molecule has 0 aromatic heterocycles. The highest BCUT2D eigenvalue weighted by atomic mass is 31.2. The van der Waals surface area contributed by atoms with Crippen LogP contribution in [0.5, 0.6) is 0 Å². The average Bonchev–Trinajstić information content (AvgIpc) is 0.899. The Balaban J connectivity index is 5.25. The van der Waals surface area contributed by atoms with Crippen LogP contribution in [0.15, 0.2) is 0 Å². The molecule has 5 atom stereocenters. The summed E-state index contributed by atoms with van der Waals surface area (Å²) in [7, 11) is -9.93. The quantitative estimate of drug-likeness (QED) is 0.0222. The summed E-state index contributed by atoms with van der Waals surface area (Å²) in [4.78, 5) is 73.4. The molecule has 0 bridgehead atoms. The number of rotatable bonds is 89. The van der Waals surface area contributed by atoms with Crippen molar-refractivity contribution in [3.05, 3.63) is 0 Å². The van der Waals surface area contributed by atoms with Crippen molar-refractivity contribution in [2.75, 3.05) is 39.6 Å². The lowest BCUT2D eigenvalue weighted by Crippen LogP contribution is -2.30. The molecule has 0 heterocycles. The van der Waals surface area contributed by atoms with Crippen LogP contribution in [0.1, 0.15) is 484 Å². The van der Waals surface area contributed by atoms with Gasteiger partial charge in [0, 0.05) is 25.7 Å². The Morgan fingerprint density at radius 1 is 0.250 bits per heavy atom. The predicted octanol–water partition coefficient (Wildman–Crippen LogP) is 27.5. The zero-order valence-electron chi connectivity index (χ0n) is 71.0. The van der Waals surface area contributed by atoms with Crippen LogP contribution in [0.2, 0.25) is 0 Å². The van der Waals surface area contributed by atoms with Gasteiger partial charge in [-0.05, 0) is 31.6 Å². The van der Waals surface area contributed by atoms with Gasteiger partial charge in [0.15, 0.2) is 12.2 Å². The first kappa shape index (κ1) is 106. The number of phosphoric acid groups is 2. The van der Waals surface area contributed by atoms with E-state index in [-0.39, 0.29) is 25.7 Å². The minimum Gasteiger partial charge on any atom is -0.462 e. The van der Waals surface area contributed by atoms with Gasteiger partial charge in [0.25, 0.3) is 0 Å². The Morgan fingerprint density at radius 3 is 0.630 bits per heavy atom. The Labute approximate surface area is 664 Å². The van der Waals surface area contributed by atoms with E-state index in [4.69, 9.17) is 37.0 Å². The van der Waals surface area contributed by atoms with Crippen molar-refractivity contribution < 1.29 is 80.2 Å². The van der Waals surface area contributed by atoms with Crippen LogP contribution in [0.4, 0.5) is 0 Å². The molecule has 0 saturated carbocycles. The second-order valence-electron chi connectivity index (χ2n) is 32.5. The molecule has 0 aromatic carbocycles.